The van der Waals surface area contributed by atoms with Crippen molar-refractivity contribution in [1.82, 2.24) is 4.31 Å². The van der Waals surface area contributed by atoms with Crippen molar-refractivity contribution < 1.29 is 8.42 Å². The SMILES string of the molecule is CC(C)N(CCBr)S(=O)(=O)c1ccccc1Br. The number of alkyl halides is 1. The molecule has 0 amide bonds. The lowest BCUT2D eigenvalue weighted by molar-refractivity contribution is 0.372. The second-order valence-electron chi connectivity index (χ2n) is 3.83. The number of nitrogens with zero attached hydrogens (tertiary/aromatic N) is 1. The number of halogens is 2. The van der Waals surface area contributed by atoms with Crippen LogP contribution in [0, 0.1) is 0 Å². The monoisotopic (exact) mass is 383 g/mol. The number of hydrogen-bond acceptors (Lipinski definition) is 2. The minimum Gasteiger partial charge on any atom is -0.207 e. The van der Waals surface area contributed by atoms with Gasteiger partial charge in [-0.15, -0.1) is 0 Å². The Hall–Kier alpha value is 0.0900. The number of rotatable bonds is 5. The molecule has 0 aliphatic heterocycles. The van der Waals surface area contributed by atoms with Gasteiger partial charge in [0.15, 0.2) is 0 Å². The maximum Gasteiger partial charge on any atom is 0.244 e. The summed E-state index contributed by atoms with van der Waals surface area (Å²) in [6.45, 7) is 4.20. The van der Waals surface area contributed by atoms with Crippen molar-refractivity contribution >= 4 is 41.9 Å². The van der Waals surface area contributed by atoms with E-state index in [0.717, 1.165) is 0 Å². The van der Waals surface area contributed by atoms with E-state index in [9.17, 15) is 8.42 Å². The molecule has 0 spiro atoms. The maximum absolute atomic E-state index is 12.5. The fourth-order valence-corrected chi connectivity index (χ4v) is 4.74. The molecule has 0 aliphatic carbocycles. The van der Waals surface area contributed by atoms with Gasteiger partial charge in [0.25, 0.3) is 0 Å². The fourth-order valence-electron chi connectivity index (χ4n) is 1.52. The van der Waals surface area contributed by atoms with Crippen LogP contribution in [0.25, 0.3) is 0 Å². The molecule has 0 aromatic heterocycles. The molecule has 1 aromatic carbocycles. The summed E-state index contributed by atoms with van der Waals surface area (Å²) in [5.41, 5.74) is 0. The largest absolute Gasteiger partial charge is 0.244 e. The van der Waals surface area contributed by atoms with Crippen LogP contribution in [-0.2, 0) is 10.0 Å². The van der Waals surface area contributed by atoms with E-state index in [4.69, 9.17) is 0 Å². The highest BCUT2D eigenvalue weighted by Gasteiger charge is 2.27. The molecule has 17 heavy (non-hydrogen) atoms. The normalized spacial score (nSPS) is 12.4. The van der Waals surface area contributed by atoms with E-state index in [-0.39, 0.29) is 6.04 Å². The summed E-state index contributed by atoms with van der Waals surface area (Å²) < 4.78 is 27.0. The quantitative estimate of drug-likeness (QED) is 0.730. The first-order valence-electron chi connectivity index (χ1n) is 5.23. The van der Waals surface area contributed by atoms with Gasteiger partial charge < -0.3 is 0 Å². The van der Waals surface area contributed by atoms with Crippen molar-refractivity contribution in [1.29, 1.82) is 0 Å². The molecule has 0 aliphatic rings. The molecule has 0 bridgehead atoms. The molecule has 0 N–H and O–H groups in total. The van der Waals surface area contributed by atoms with E-state index >= 15 is 0 Å². The Morgan fingerprint density at radius 1 is 1.29 bits per heavy atom. The first kappa shape index (κ1) is 15.1. The van der Waals surface area contributed by atoms with Crippen molar-refractivity contribution in [3.63, 3.8) is 0 Å². The van der Waals surface area contributed by atoms with Crippen LogP contribution < -0.4 is 0 Å². The number of sulfonamides is 1. The Balaban J connectivity index is 3.22. The van der Waals surface area contributed by atoms with Crippen LogP contribution >= 0.6 is 31.9 Å². The van der Waals surface area contributed by atoms with E-state index in [0.29, 0.717) is 21.2 Å². The molecule has 96 valence electrons. The van der Waals surface area contributed by atoms with Gasteiger partial charge in [0.2, 0.25) is 10.0 Å². The minimum absolute atomic E-state index is 0.0651. The first-order valence-corrected chi connectivity index (χ1v) is 8.59. The van der Waals surface area contributed by atoms with Gasteiger partial charge in [-0.25, -0.2) is 8.42 Å². The lowest BCUT2D eigenvalue weighted by Gasteiger charge is -2.25. The lowest BCUT2D eigenvalue weighted by Crippen LogP contribution is -2.38. The van der Waals surface area contributed by atoms with Gasteiger partial charge in [0.1, 0.15) is 0 Å². The second kappa shape index (κ2) is 6.31. The van der Waals surface area contributed by atoms with Gasteiger partial charge in [0, 0.05) is 22.4 Å². The second-order valence-corrected chi connectivity index (χ2v) is 7.34. The number of benzene rings is 1. The average molecular weight is 385 g/mol. The highest BCUT2D eigenvalue weighted by Crippen LogP contribution is 2.25. The van der Waals surface area contributed by atoms with E-state index in [1.54, 1.807) is 24.3 Å². The smallest absolute Gasteiger partial charge is 0.207 e. The zero-order valence-electron chi connectivity index (χ0n) is 9.73. The predicted octanol–water partition coefficient (Wildman–Crippen LogP) is 3.24. The standard InChI is InChI=1S/C11H15Br2NO2S/c1-9(2)14(8-7-12)17(15,16)11-6-4-3-5-10(11)13/h3-6,9H,7-8H2,1-2H3. The molecule has 0 radical (unpaired) electrons. The van der Waals surface area contributed by atoms with Crippen LogP contribution in [0.3, 0.4) is 0 Å². The van der Waals surface area contributed by atoms with Gasteiger partial charge in [-0.3, -0.25) is 0 Å². The first-order chi connectivity index (χ1) is 7.91. The minimum atomic E-state index is -3.44. The van der Waals surface area contributed by atoms with Crippen molar-refractivity contribution in [3.8, 4) is 0 Å². The summed E-state index contributed by atoms with van der Waals surface area (Å²) in [6.07, 6.45) is 0. The molecule has 1 rings (SSSR count). The van der Waals surface area contributed by atoms with Crippen LogP contribution in [0.2, 0.25) is 0 Å². The van der Waals surface area contributed by atoms with Gasteiger partial charge in [-0.05, 0) is 41.9 Å². The van der Waals surface area contributed by atoms with E-state index in [1.807, 2.05) is 13.8 Å². The zero-order chi connectivity index (χ0) is 13.1. The summed E-state index contributed by atoms with van der Waals surface area (Å²) in [4.78, 5) is 0.314. The molecule has 0 saturated heterocycles. The van der Waals surface area contributed by atoms with Crippen LogP contribution in [0.4, 0.5) is 0 Å². The highest BCUT2D eigenvalue weighted by molar-refractivity contribution is 9.10. The van der Waals surface area contributed by atoms with E-state index in [1.165, 1.54) is 4.31 Å². The molecule has 3 nitrogen and oxygen atoms in total. The average Bonchev–Trinajstić information content (AvgIpc) is 2.25. The molecular weight excluding hydrogens is 370 g/mol. The molecular formula is C11H15Br2NO2S. The van der Waals surface area contributed by atoms with Crippen molar-refractivity contribution in [3.05, 3.63) is 28.7 Å². The summed E-state index contributed by atoms with van der Waals surface area (Å²) in [7, 11) is -3.44. The third-order valence-corrected chi connectivity index (χ3v) is 5.75. The summed E-state index contributed by atoms with van der Waals surface area (Å²) in [6, 6.07) is 6.81. The van der Waals surface area contributed by atoms with Gasteiger partial charge in [0.05, 0.1) is 4.90 Å². The third kappa shape index (κ3) is 3.53. The van der Waals surface area contributed by atoms with Crippen LogP contribution in [0.15, 0.2) is 33.6 Å². The van der Waals surface area contributed by atoms with Gasteiger partial charge >= 0.3 is 0 Å². The van der Waals surface area contributed by atoms with Crippen LogP contribution in [0.5, 0.6) is 0 Å². The molecule has 6 heteroatoms. The topological polar surface area (TPSA) is 37.4 Å². The summed E-state index contributed by atoms with van der Waals surface area (Å²) in [5.74, 6) is 0. The van der Waals surface area contributed by atoms with Crippen LogP contribution in [-0.4, -0.2) is 30.6 Å². The Morgan fingerprint density at radius 2 is 1.88 bits per heavy atom. The molecule has 0 unspecified atom stereocenters. The summed E-state index contributed by atoms with van der Waals surface area (Å²) >= 11 is 6.57. The molecule has 0 fully saturated rings. The van der Waals surface area contributed by atoms with E-state index < -0.39 is 10.0 Å². The van der Waals surface area contributed by atoms with Crippen LogP contribution in [0.1, 0.15) is 13.8 Å². The van der Waals surface area contributed by atoms with Gasteiger partial charge in [-0.1, -0.05) is 28.1 Å². The van der Waals surface area contributed by atoms with Crippen molar-refractivity contribution in [2.24, 2.45) is 0 Å². The van der Waals surface area contributed by atoms with E-state index in [2.05, 4.69) is 31.9 Å². The third-order valence-electron chi connectivity index (χ3n) is 2.30. The predicted molar refractivity (Wildman–Crippen MR) is 77.0 cm³/mol. The Morgan fingerprint density at radius 3 is 2.35 bits per heavy atom. The van der Waals surface area contributed by atoms with Crippen molar-refractivity contribution in [2.75, 3.05) is 11.9 Å². The fraction of sp³-hybridized carbons (Fsp3) is 0.455. The Bertz CT molecular complexity index is 474. The zero-order valence-corrected chi connectivity index (χ0v) is 13.7. The molecule has 0 saturated carbocycles. The molecule has 0 heterocycles. The molecule has 1 aromatic rings. The lowest BCUT2D eigenvalue weighted by atomic mass is 10.4. The Kier molecular flexibility index (Phi) is 5.63. The highest BCUT2D eigenvalue weighted by atomic mass is 79.9. The summed E-state index contributed by atoms with van der Waals surface area (Å²) in [5, 5.41) is 0.620. The van der Waals surface area contributed by atoms with Gasteiger partial charge in [-0.2, -0.15) is 4.31 Å². The number of hydrogen-bond donors (Lipinski definition) is 0. The Labute approximate surface area is 120 Å². The maximum atomic E-state index is 12.5. The van der Waals surface area contributed by atoms with Crippen molar-refractivity contribution in [2.45, 2.75) is 24.8 Å². The molecule has 0 atom stereocenters.